The van der Waals surface area contributed by atoms with Crippen LogP contribution in [0.5, 0.6) is 0 Å². The average molecular weight is 749 g/mol. The van der Waals surface area contributed by atoms with Gasteiger partial charge in [0.1, 0.15) is 0 Å². The van der Waals surface area contributed by atoms with Crippen molar-refractivity contribution >= 4 is 63.5 Å². The molecule has 0 spiro atoms. The van der Waals surface area contributed by atoms with Crippen LogP contribution < -0.4 is 0 Å². The fourth-order valence-electron chi connectivity index (χ4n) is 3.50. The molecule has 4 unspecified atom stereocenters. The second-order valence-corrected chi connectivity index (χ2v) is 28.9. The van der Waals surface area contributed by atoms with Gasteiger partial charge in [-0.25, -0.2) is 0 Å². The van der Waals surface area contributed by atoms with Crippen molar-refractivity contribution in [1.82, 2.24) is 0 Å². The maximum absolute atomic E-state index is 13.3. The van der Waals surface area contributed by atoms with Crippen molar-refractivity contribution in [3.05, 3.63) is 0 Å². The van der Waals surface area contributed by atoms with Gasteiger partial charge in [0, 0.05) is 48.4 Å². The van der Waals surface area contributed by atoms with Gasteiger partial charge in [-0.2, -0.15) is 26.3 Å². The van der Waals surface area contributed by atoms with Crippen LogP contribution in [-0.2, 0) is 46.8 Å². The van der Waals surface area contributed by atoms with E-state index in [0.717, 1.165) is 0 Å². The van der Waals surface area contributed by atoms with E-state index in [2.05, 4.69) is 0 Å². The topological polar surface area (TPSA) is 102 Å². The molecule has 254 valence electrons. The molecule has 0 aliphatic carbocycles. The molecule has 0 aromatic heterocycles. The highest BCUT2D eigenvalue weighted by molar-refractivity contribution is 6.84. The van der Waals surface area contributed by atoms with Crippen molar-refractivity contribution in [3.8, 4) is 0 Å². The van der Waals surface area contributed by atoms with Gasteiger partial charge in [0.2, 0.25) is 0 Å². The summed E-state index contributed by atoms with van der Waals surface area (Å²) >= 11 is 0. The summed E-state index contributed by atoms with van der Waals surface area (Å²) in [5.41, 5.74) is 0. The van der Waals surface area contributed by atoms with E-state index in [-0.39, 0.29) is 0 Å². The Morgan fingerprint density at radius 3 is 1.07 bits per heavy atom. The molecule has 0 radical (unpaired) electrons. The molecule has 0 aliphatic rings. The van der Waals surface area contributed by atoms with Crippen molar-refractivity contribution in [2.75, 3.05) is 35.5 Å². The first kappa shape index (κ1) is 42.7. The largest absolute Gasteiger partial charge is 0.474 e. The van der Waals surface area contributed by atoms with Crippen LogP contribution in [0.15, 0.2) is 0 Å². The lowest BCUT2D eigenvalue weighted by molar-refractivity contribution is -0.132. The van der Waals surface area contributed by atoms with Crippen molar-refractivity contribution in [2.24, 2.45) is 0 Å². The van der Waals surface area contributed by atoms with Gasteiger partial charge in [0.05, 0.1) is 0 Å². The summed E-state index contributed by atoms with van der Waals surface area (Å²) in [6, 6.07) is -0.725. The van der Waals surface area contributed by atoms with Gasteiger partial charge in [0.25, 0.3) is 0 Å². The molecule has 42 heavy (non-hydrogen) atoms. The lowest BCUT2D eigenvalue weighted by Crippen LogP contribution is -2.59. The van der Waals surface area contributed by atoms with Crippen LogP contribution in [0.4, 0.5) is 26.3 Å². The van der Waals surface area contributed by atoms with Gasteiger partial charge in [-0.1, -0.05) is 13.3 Å². The molecular formula is C18H46F6O11Si7. The highest BCUT2D eigenvalue weighted by Crippen LogP contribution is 2.33. The van der Waals surface area contributed by atoms with Gasteiger partial charge in [0.15, 0.2) is 0 Å². The number of rotatable bonds is 23. The summed E-state index contributed by atoms with van der Waals surface area (Å²) in [4.78, 5) is 0. The van der Waals surface area contributed by atoms with Crippen LogP contribution in [0, 0.1) is 0 Å². The Labute approximate surface area is 254 Å². The van der Waals surface area contributed by atoms with E-state index >= 15 is 0 Å². The Hall–Kier alpha value is 0.658. The molecule has 0 N–H and O–H groups in total. The van der Waals surface area contributed by atoms with Gasteiger partial charge < -0.3 is 46.8 Å². The molecule has 0 saturated carbocycles. The third-order valence-electron chi connectivity index (χ3n) is 5.67. The lowest BCUT2D eigenvalue weighted by atomic mass is 10.5. The highest BCUT2D eigenvalue weighted by Gasteiger charge is 2.50. The van der Waals surface area contributed by atoms with E-state index in [4.69, 9.17) is 46.8 Å². The zero-order valence-electron chi connectivity index (χ0n) is 25.8. The third kappa shape index (κ3) is 18.6. The molecule has 0 saturated heterocycles. The first-order valence-electron chi connectivity index (χ1n) is 13.0. The molecule has 4 atom stereocenters. The number of halogens is 6. The monoisotopic (exact) mass is 748 g/mol. The fraction of sp³-hybridized carbons (Fsp3) is 1.00. The van der Waals surface area contributed by atoms with Crippen LogP contribution in [0.3, 0.4) is 0 Å². The van der Waals surface area contributed by atoms with E-state index in [0.29, 0.717) is 12.5 Å². The van der Waals surface area contributed by atoms with Crippen LogP contribution in [0.25, 0.3) is 0 Å². The molecule has 11 nitrogen and oxygen atoms in total. The summed E-state index contributed by atoms with van der Waals surface area (Å²) in [7, 11) is -16.1. The number of hydrogen-bond donors (Lipinski definition) is 0. The van der Waals surface area contributed by atoms with Gasteiger partial charge in [-0.3, -0.25) is 0 Å². The molecule has 0 amide bonds. The van der Waals surface area contributed by atoms with Gasteiger partial charge in [-0.15, -0.1) is 0 Å². The van der Waals surface area contributed by atoms with Crippen molar-refractivity contribution < 1.29 is 73.2 Å². The Morgan fingerprint density at radius 1 is 0.500 bits per heavy atom. The predicted molar refractivity (Wildman–Crippen MR) is 157 cm³/mol. The Bertz CT molecular complexity index is 701. The Balaban J connectivity index is 6.73. The minimum atomic E-state index is -4.54. The SMILES string of the molecule is CCC[Si](C)(O[SiH](C)OC)O[SiH](O[Si](C)(CCC(F)(F)F)O[SiH](OC)OC)O[Si](C)(CCC(F)(F)F)O[SiH](OC)OC. The second kappa shape index (κ2) is 19.3. The van der Waals surface area contributed by atoms with Gasteiger partial charge in [-0.05, 0) is 44.3 Å². The predicted octanol–water partition coefficient (Wildman–Crippen LogP) is 3.85. The molecule has 0 rings (SSSR count). The molecule has 0 fully saturated rings. The molecule has 0 aliphatic heterocycles. The van der Waals surface area contributed by atoms with Crippen LogP contribution in [0.2, 0.25) is 44.3 Å². The minimum absolute atomic E-state index is 0.425. The molecular weight excluding hydrogens is 703 g/mol. The lowest BCUT2D eigenvalue weighted by Gasteiger charge is -2.40. The van der Waals surface area contributed by atoms with E-state index in [1.807, 2.05) is 6.92 Å². The molecule has 0 aromatic carbocycles. The summed E-state index contributed by atoms with van der Waals surface area (Å²) in [5, 5.41) is 0. The van der Waals surface area contributed by atoms with Crippen LogP contribution >= 0.6 is 0 Å². The van der Waals surface area contributed by atoms with Crippen LogP contribution in [-0.4, -0.2) is 111 Å². The standard InChI is InChI=1S/C18H46F6O11Si7/c1-11-14-40(8,30-36(7)25-2)33-39(34-41(9,15-12-17(19,20)21)31-37(26-3)27-4)35-42(10,16-13-18(22,23)24)32-38(28-5)29-6/h36-39H,11-16H2,1-10H3. The molecule has 0 heterocycles. The van der Waals surface area contributed by atoms with E-state index in [9.17, 15) is 26.3 Å². The normalized spacial score (nSPS) is 19.0. The second-order valence-electron chi connectivity index (χ2n) is 9.70. The maximum Gasteiger partial charge on any atom is 0.474 e. The van der Waals surface area contributed by atoms with Crippen molar-refractivity contribution in [1.29, 1.82) is 0 Å². The van der Waals surface area contributed by atoms with E-state index < -0.39 is 101 Å². The molecule has 24 heteroatoms. The fourth-order valence-corrected chi connectivity index (χ4v) is 26.0. The van der Waals surface area contributed by atoms with E-state index in [1.165, 1.54) is 48.6 Å². The minimum Gasteiger partial charge on any atom is -0.417 e. The average Bonchev–Trinajstić information content (AvgIpc) is 2.87. The van der Waals surface area contributed by atoms with Crippen molar-refractivity contribution in [2.45, 2.75) is 82.9 Å². The summed E-state index contributed by atoms with van der Waals surface area (Å²) in [5.74, 6) is 0. The summed E-state index contributed by atoms with van der Waals surface area (Å²) < 4.78 is 143. The zero-order chi connectivity index (χ0) is 32.8. The molecule has 0 aromatic rings. The Morgan fingerprint density at radius 2 is 0.810 bits per heavy atom. The third-order valence-corrected chi connectivity index (χ3v) is 28.7. The summed E-state index contributed by atoms with van der Waals surface area (Å²) in [6.45, 7) is 8.13. The van der Waals surface area contributed by atoms with Gasteiger partial charge >= 0.3 is 75.9 Å². The smallest absolute Gasteiger partial charge is 0.417 e. The first-order valence-corrected chi connectivity index (χ1v) is 27.0. The number of alkyl halides is 6. The highest BCUT2D eigenvalue weighted by atomic mass is 28.5. The quantitative estimate of drug-likeness (QED) is 0.113. The molecule has 0 bridgehead atoms. The summed E-state index contributed by atoms with van der Waals surface area (Å²) in [6.07, 6.45) is -11.0. The van der Waals surface area contributed by atoms with Crippen LogP contribution in [0.1, 0.15) is 26.2 Å². The Kier molecular flexibility index (Phi) is 19.7. The maximum atomic E-state index is 13.3. The van der Waals surface area contributed by atoms with E-state index in [1.54, 1.807) is 13.1 Å². The first-order chi connectivity index (χ1) is 19.2. The number of hydrogen-bond acceptors (Lipinski definition) is 11. The zero-order valence-corrected chi connectivity index (χ0v) is 33.4. The van der Waals surface area contributed by atoms with Crippen molar-refractivity contribution in [3.63, 3.8) is 0 Å².